The van der Waals surface area contributed by atoms with Crippen molar-refractivity contribution in [1.29, 1.82) is 0 Å². The standard InChI is InChI=1S/C39H69N5O7/c1-13-25(6)34(43(10)39(49)33(24(4)5)42-38(48)32(40-9)23(2)3)30(50-11)22-31(45)44-21-17-20-29(44)36(51-12)26(7)37(47)41-27(8)35(46)28-18-15-14-16-19-28/h14-16,18-19,23-27,29-30,32-37,40-41,46-47H,13,17,20-22H2,1-12H3,(H,42,48)/t25-,26+,27+,29-,30+,32-,33-,34-,35+,36+,37?/m0/s1. The maximum Gasteiger partial charge on any atom is 0.245 e. The van der Waals surface area contributed by atoms with Crippen LogP contribution in [-0.4, -0.2) is 121 Å². The molecule has 12 heteroatoms. The molecule has 0 radical (unpaired) electrons. The van der Waals surface area contributed by atoms with Gasteiger partial charge in [-0.15, -0.1) is 0 Å². The van der Waals surface area contributed by atoms with Crippen molar-refractivity contribution in [2.24, 2.45) is 23.7 Å². The molecule has 1 heterocycles. The van der Waals surface area contributed by atoms with E-state index in [4.69, 9.17) is 9.47 Å². The van der Waals surface area contributed by atoms with Gasteiger partial charge in [-0.05, 0) is 50.1 Å². The third-order valence-electron chi connectivity index (χ3n) is 10.9. The summed E-state index contributed by atoms with van der Waals surface area (Å²) in [6.45, 7) is 16.1. The summed E-state index contributed by atoms with van der Waals surface area (Å²) < 4.78 is 12.0. The van der Waals surface area contributed by atoms with Crippen molar-refractivity contribution >= 4 is 17.7 Å². The molecule has 5 N–H and O–H groups in total. The molecule has 292 valence electrons. The number of amides is 3. The first-order chi connectivity index (χ1) is 24.0. The van der Waals surface area contributed by atoms with Gasteiger partial charge in [-0.3, -0.25) is 19.7 Å². The molecule has 51 heavy (non-hydrogen) atoms. The Labute approximate surface area is 307 Å². The second-order valence-electron chi connectivity index (χ2n) is 15.2. The molecule has 0 spiro atoms. The average molecular weight is 720 g/mol. The van der Waals surface area contributed by atoms with Crippen LogP contribution in [0.5, 0.6) is 0 Å². The minimum absolute atomic E-state index is 0.00324. The van der Waals surface area contributed by atoms with Gasteiger partial charge in [-0.2, -0.15) is 0 Å². The van der Waals surface area contributed by atoms with Crippen LogP contribution in [-0.2, 0) is 23.9 Å². The monoisotopic (exact) mass is 720 g/mol. The smallest absolute Gasteiger partial charge is 0.245 e. The van der Waals surface area contributed by atoms with Crippen molar-refractivity contribution in [3.05, 3.63) is 35.9 Å². The summed E-state index contributed by atoms with van der Waals surface area (Å²) in [7, 11) is 6.64. The average Bonchev–Trinajstić information content (AvgIpc) is 3.59. The predicted octanol–water partition coefficient (Wildman–Crippen LogP) is 3.32. The molecule has 0 aromatic heterocycles. The third-order valence-corrected chi connectivity index (χ3v) is 10.9. The van der Waals surface area contributed by atoms with Gasteiger partial charge < -0.3 is 40.1 Å². The molecule has 11 atom stereocenters. The van der Waals surface area contributed by atoms with Crippen LogP contribution in [0, 0.1) is 23.7 Å². The van der Waals surface area contributed by atoms with Gasteiger partial charge in [0.1, 0.15) is 12.3 Å². The number of nitrogens with one attached hydrogen (secondary N) is 3. The summed E-state index contributed by atoms with van der Waals surface area (Å²) >= 11 is 0. The van der Waals surface area contributed by atoms with E-state index in [-0.39, 0.29) is 47.9 Å². The number of carbonyl (C=O) groups is 3. The highest BCUT2D eigenvalue weighted by Gasteiger charge is 2.43. The third kappa shape index (κ3) is 11.7. The lowest BCUT2D eigenvalue weighted by Crippen LogP contribution is -2.59. The highest BCUT2D eigenvalue weighted by atomic mass is 16.5. The Morgan fingerprint density at radius 1 is 0.961 bits per heavy atom. The zero-order valence-electron chi connectivity index (χ0n) is 33.3. The Morgan fingerprint density at radius 2 is 1.57 bits per heavy atom. The van der Waals surface area contributed by atoms with E-state index in [1.807, 2.05) is 83.7 Å². The van der Waals surface area contributed by atoms with E-state index < -0.39 is 54.6 Å². The number of ether oxygens (including phenoxy) is 2. The SMILES string of the molecule is CC[C@H](C)[C@@H]([C@@H](CC(=O)N1CCC[C@H]1[C@H](OC)[C@@H](C)C(O)N[C@H](C)[C@@H](O)c1ccccc1)OC)N(C)C(=O)[C@@H](NC(=O)[C@@H](NC)C(C)C)C(C)C. The minimum Gasteiger partial charge on any atom is -0.387 e. The Balaban J connectivity index is 2.24. The fourth-order valence-corrected chi connectivity index (χ4v) is 7.56. The zero-order chi connectivity index (χ0) is 38.6. The number of methoxy groups -OCH3 is 2. The van der Waals surface area contributed by atoms with Crippen molar-refractivity contribution in [3.8, 4) is 0 Å². The number of likely N-dealkylation sites (tertiary alicyclic amines) is 1. The van der Waals surface area contributed by atoms with Crippen LogP contribution >= 0.6 is 0 Å². The molecule has 1 aromatic rings. The van der Waals surface area contributed by atoms with Gasteiger partial charge >= 0.3 is 0 Å². The fourth-order valence-electron chi connectivity index (χ4n) is 7.56. The van der Waals surface area contributed by atoms with Crippen LogP contribution in [0.15, 0.2) is 30.3 Å². The van der Waals surface area contributed by atoms with Crippen LogP contribution in [0.25, 0.3) is 0 Å². The van der Waals surface area contributed by atoms with E-state index in [1.54, 1.807) is 33.2 Å². The van der Waals surface area contributed by atoms with E-state index >= 15 is 0 Å². The summed E-state index contributed by atoms with van der Waals surface area (Å²) in [6, 6.07) is 6.98. The largest absolute Gasteiger partial charge is 0.387 e. The van der Waals surface area contributed by atoms with Crippen molar-refractivity contribution in [2.45, 2.75) is 136 Å². The molecule has 1 aliphatic rings. The second-order valence-corrected chi connectivity index (χ2v) is 15.2. The van der Waals surface area contributed by atoms with Gasteiger partial charge in [-0.25, -0.2) is 0 Å². The van der Waals surface area contributed by atoms with E-state index in [0.29, 0.717) is 13.0 Å². The number of hydrogen-bond donors (Lipinski definition) is 5. The maximum absolute atomic E-state index is 14.1. The topological polar surface area (TPSA) is 153 Å². The van der Waals surface area contributed by atoms with Crippen LogP contribution in [0.3, 0.4) is 0 Å². The number of aliphatic hydroxyl groups excluding tert-OH is 2. The number of rotatable bonds is 21. The lowest BCUT2D eigenvalue weighted by Gasteiger charge is -2.41. The first-order valence-corrected chi connectivity index (χ1v) is 18.8. The van der Waals surface area contributed by atoms with Gasteiger partial charge in [0.05, 0.1) is 42.9 Å². The fraction of sp³-hybridized carbons (Fsp3) is 0.769. The number of benzene rings is 1. The molecule has 0 aliphatic carbocycles. The Morgan fingerprint density at radius 3 is 2.08 bits per heavy atom. The summed E-state index contributed by atoms with van der Waals surface area (Å²) in [4.78, 5) is 44.9. The van der Waals surface area contributed by atoms with E-state index in [2.05, 4.69) is 22.9 Å². The van der Waals surface area contributed by atoms with Gasteiger partial charge in [0.15, 0.2) is 0 Å². The Kier molecular flexibility index (Phi) is 18.5. The van der Waals surface area contributed by atoms with Crippen molar-refractivity contribution in [1.82, 2.24) is 25.8 Å². The normalized spacial score (nSPS) is 20.9. The summed E-state index contributed by atoms with van der Waals surface area (Å²) in [5, 5.41) is 31.3. The lowest BCUT2D eigenvalue weighted by atomic mass is 9.89. The molecular formula is C39H69N5O7. The minimum atomic E-state index is -1.000. The molecular weight excluding hydrogens is 650 g/mol. The Hall–Kier alpha value is -2.61. The molecule has 3 amide bonds. The van der Waals surface area contributed by atoms with E-state index in [1.165, 1.54) is 0 Å². The van der Waals surface area contributed by atoms with Crippen LogP contribution < -0.4 is 16.0 Å². The first-order valence-electron chi connectivity index (χ1n) is 18.8. The van der Waals surface area contributed by atoms with Crippen molar-refractivity contribution < 1.29 is 34.1 Å². The number of nitrogens with zero attached hydrogens (tertiary/aromatic N) is 2. The summed E-state index contributed by atoms with van der Waals surface area (Å²) in [5.41, 5.74) is 0.752. The van der Waals surface area contributed by atoms with Gasteiger partial charge in [0.25, 0.3) is 0 Å². The van der Waals surface area contributed by atoms with Gasteiger partial charge in [0, 0.05) is 39.8 Å². The highest BCUT2D eigenvalue weighted by Crippen LogP contribution is 2.30. The molecule has 1 saturated heterocycles. The lowest BCUT2D eigenvalue weighted by molar-refractivity contribution is -0.147. The quantitative estimate of drug-likeness (QED) is 0.121. The maximum atomic E-state index is 14.1. The van der Waals surface area contributed by atoms with E-state index in [0.717, 1.165) is 18.4 Å². The second kappa shape index (κ2) is 21.2. The molecule has 1 aromatic carbocycles. The molecule has 1 fully saturated rings. The van der Waals surface area contributed by atoms with Crippen molar-refractivity contribution in [3.63, 3.8) is 0 Å². The molecule has 2 rings (SSSR count). The van der Waals surface area contributed by atoms with E-state index in [9.17, 15) is 24.6 Å². The summed E-state index contributed by atoms with van der Waals surface area (Å²) in [6.07, 6.45) is -0.572. The van der Waals surface area contributed by atoms with Crippen LogP contribution in [0.1, 0.15) is 92.7 Å². The number of likely N-dealkylation sites (N-methyl/N-ethyl adjacent to an activating group) is 2. The number of carbonyl (C=O) groups excluding carboxylic acids is 3. The summed E-state index contributed by atoms with van der Waals surface area (Å²) in [5.74, 6) is -1.09. The zero-order valence-corrected chi connectivity index (χ0v) is 33.3. The molecule has 1 unspecified atom stereocenters. The molecule has 1 aliphatic heterocycles. The molecule has 0 saturated carbocycles. The van der Waals surface area contributed by atoms with Gasteiger partial charge in [0.2, 0.25) is 17.7 Å². The molecule has 12 nitrogen and oxygen atoms in total. The Bertz CT molecular complexity index is 1200. The molecule has 0 bridgehead atoms. The predicted molar refractivity (Wildman–Crippen MR) is 201 cm³/mol. The number of aliphatic hydroxyl groups is 2. The van der Waals surface area contributed by atoms with Crippen LogP contribution in [0.2, 0.25) is 0 Å². The number of hydrogen-bond acceptors (Lipinski definition) is 9. The highest BCUT2D eigenvalue weighted by molar-refractivity contribution is 5.90. The van der Waals surface area contributed by atoms with Crippen LogP contribution in [0.4, 0.5) is 0 Å². The van der Waals surface area contributed by atoms with Gasteiger partial charge in [-0.1, -0.05) is 85.2 Å². The van der Waals surface area contributed by atoms with Crippen molar-refractivity contribution in [2.75, 3.05) is 34.9 Å². The first kappa shape index (κ1) is 44.6.